The number of nitrogens with zero attached hydrogens (tertiary/aromatic N) is 3. The van der Waals surface area contributed by atoms with E-state index in [-0.39, 0.29) is 17.9 Å². The van der Waals surface area contributed by atoms with Gasteiger partial charge in [0.15, 0.2) is 0 Å². The first-order valence-corrected chi connectivity index (χ1v) is 9.42. The first-order chi connectivity index (χ1) is 12.4. The topological polar surface area (TPSA) is 49.6 Å². The van der Waals surface area contributed by atoms with E-state index in [1.165, 1.54) is 0 Å². The molecule has 1 aromatic heterocycles. The molecule has 0 aliphatic carbocycles. The summed E-state index contributed by atoms with van der Waals surface area (Å²) in [5, 5.41) is 4.35. The first kappa shape index (κ1) is 20.0. The van der Waals surface area contributed by atoms with Gasteiger partial charge in [-0.25, -0.2) is 0 Å². The van der Waals surface area contributed by atoms with Gasteiger partial charge in [-0.3, -0.25) is 4.79 Å². The average molecular weight is 357 g/mol. The Morgan fingerprint density at radius 1 is 1.15 bits per heavy atom. The predicted molar refractivity (Wildman–Crippen MR) is 106 cm³/mol. The largest absolute Gasteiger partial charge is 0.341 e. The smallest absolute Gasteiger partial charge is 0.232 e. The highest BCUT2D eigenvalue weighted by atomic mass is 16.5. The van der Waals surface area contributed by atoms with E-state index in [2.05, 4.69) is 30.8 Å². The molecule has 142 valence electrons. The van der Waals surface area contributed by atoms with Gasteiger partial charge < -0.3 is 14.3 Å². The molecule has 26 heavy (non-hydrogen) atoms. The van der Waals surface area contributed by atoms with Crippen LogP contribution in [0, 0.1) is 5.92 Å². The zero-order chi connectivity index (χ0) is 19.3. The van der Waals surface area contributed by atoms with Crippen LogP contribution in [0.2, 0.25) is 0 Å². The lowest BCUT2D eigenvalue weighted by Gasteiger charge is -2.26. The van der Waals surface area contributed by atoms with E-state index in [9.17, 15) is 4.79 Å². The summed E-state index contributed by atoms with van der Waals surface area (Å²) < 4.78 is 5.73. The third kappa shape index (κ3) is 4.45. The van der Waals surface area contributed by atoms with Crippen LogP contribution < -0.4 is 4.90 Å². The zero-order valence-electron chi connectivity index (χ0n) is 16.8. The molecule has 0 saturated heterocycles. The molecule has 1 heterocycles. The van der Waals surface area contributed by atoms with E-state index in [1.807, 2.05) is 56.1 Å². The van der Waals surface area contributed by atoms with Crippen molar-refractivity contribution >= 4 is 11.8 Å². The molecule has 5 nitrogen and oxygen atoms in total. The van der Waals surface area contributed by atoms with Gasteiger partial charge in [-0.2, -0.15) is 0 Å². The molecule has 0 aliphatic rings. The predicted octanol–water partition coefficient (Wildman–Crippen LogP) is 4.58. The van der Waals surface area contributed by atoms with Gasteiger partial charge in [0.2, 0.25) is 11.8 Å². The molecule has 2 aromatic rings. The Bertz CT molecular complexity index is 707. The van der Waals surface area contributed by atoms with E-state index in [4.69, 9.17) is 4.52 Å². The summed E-state index contributed by atoms with van der Waals surface area (Å²) in [5.41, 5.74) is 2.78. The number of rotatable bonds is 8. The molecule has 0 aliphatic heterocycles. The third-order valence-corrected chi connectivity index (χ3v) is 4.56. The van der Waals surface area contributed by atoms with Crippen molar-refractivity contribution in [3.05, 3.63) is 35.9 Å². The van der Waals surface area contributed by atoms with Crippen LogP contribution in [-0.4, -0.2) is 35.6 Å². The molecule has 0 spiro atoms. The summed E-state index contributed by atoms with van der Waals surface area (Å²) in [5.74, 6) is 0.856. The monoisotopic (exact) mass is 357 g/mol. The summed E-state index contributed by atoms with van der Waals surface area (Å²) >= 11 is 0. The lowest BCUT2D eigenvalue weighted by Crippen LogP contribution is -2.35. The Morgan fingerprint density at radius 2 is 1.81 bits per heavy atom. The number of benzene rings is 1. The van der Waals surface area contributed by atoms with Crippen LogP contribution in [-0.2, 0) is 11.3 Å². The standard InChI is InChI=1S/C21H31N3O2/c1-7-13-24(20(25)15(2)3)14-18-19(17-11-9-8-10-12-17)22-26-21(18)23(6)16(4)5/h8-12,15-16H,7,13-14H2,1-6H3. The van der Waals surface area contributed by atoms with E-state index in [0.717, 1.165) is 35.7 Å². The van der Waals surface area contributed by atoms with E-state index in [0.29, 0.717) is 6.54 Å². The zero-order valence-corrected chi connectivity index (χ0v) is 16.8. The highest BCUT2D eigenvalue weighted by molar-refractivity contribution is 5.79. The summed E-state index contributed by atoms with van der Waals surface area (Å²) in [6, 6.07) is 10.3. The van der Waals surface area contributed by atoms with Gasteiger partial charge in [0, 0.05) is 31.1 Å². The van der Waals surface area contributed by atoms with Gasteiger partial charge in [-0.05, 0) is 20.3 Å². The first-order valence-electron chi connectivity index (χ1n) is 9.42. The fourth-order valence-electron chi connectivity index (χ4n) is 2.87. The van der Waals surface area contributed by atoms with Gasteiger partial charge in [0.25, 0.3) is 0 Å². The number of hydrogen-bond donors (Lipinski definition) is 0. The molecule has 0 saturated carbocycles. The van der Waals surface area contributed by atoms with Crippen LogP contribution in [0.1, 0.15) is 46.6 Å². The highest BCUT2D eigenvalue weighted by Gasteiger charge is 2.26. The SMILES string of the molecule is CCCN(Cc1c(-c2ccccc2)noc1N(C)C(C)C)C(=O)C(C)C. The Morgan fingerprint density at radius 3 is 2.35 bits per heavy atom. The van der Waals surface area contributed by atoms with Crippen LogP contribution in [0.5, 0.6) is 0 Å². The number of anilines is 1. The maximum Gasteiger partial charge on any atom is 0.232 e. The minimum Gasteiger partial charge on any atom is -0.341 e. The maximum atomic E-state index is 12.7. The summed E-state index contributed by atoms with van der Waals surface area (Å²) in [7, 11) is 2.00. The summed E-state index contributed by atoms with van der Waals surface area (Å²) in [6.07, 6.45) is 0.916. The number of hydrogen-bond acceptors (Lipinski definition) is 4. The quantitative estimate of drug-likeness (QED) is 0.694. The van der Waals surface area contributed by atoms with Crippen molar-refractivity contribution in [1.29, 1.82) is 0 Å². The second-order valence-electron chi connectivity index (χ2n) is 7.30. The van der Waals surface area contributed by atoms with Crippen LogP contribution in [0.3, 0.4) is 0 Å². The van der Waals surface area contributed by atoms with Crippen molar-refractivity contribution in [2.24, 2.45) is 5.92 Å². The molecule has 1 amide bonds. The third-order valence-electron chi connectivity index (χ3n) is 4.56. The average Bonchev–Trinajstić information content (AvgIpc) is 3.04. The Labute approximate surface area is 157 Å². The van der Waals surface area contributed by atoms with Crippen LogP contribution in [0.4, 0.5) is 5.88 Å². The molecule has 0 unspecified atom stereocenters. The lowest BCUT2D eigenvalue weighted by atomic mass is 10.1. The van der Waals surface area contributed by atoms with Crippen molar-refractivity contribution in [1.82, 2.24) is 10.1 Å². The van der Waals surface area contributed by atoms with Crippen molar-refractivity contribution in [2.75, 3.05) is 18.5 Å². The number of amides is 1. The number of carbonyl (C=O) groups is 1. The van der Waals surface area contributed by atoms with Gasteiger partial charge >= 0.3 is 0 Å². The highest BCUT2D eigenvalue weighted by Crippen LogP contribution is 2.33. The molecule has 1 aromatic carbocycles. The van der Waals surface area contributed by atoms with Gasteiger partial charge in [-0.1, -0.05) is 56.3 Å². The van der Waals surface area contributed by atoms with E-state index >= 15 is 0 Å². The molecule has 0 atom stereocenters. The molecule has 0 fully saturated rings. The summed E-state index contributed by atoms with van der Waals surface area (Å²) in [4.78, 5) is 16.7. The molecule has 0 bridgehead atoms. The van der Waals surface area contributed by atoms with Gasteiger partial charge in [0.05, 0.1) is 12.1 Å². The van der Waals surface area contributed by atoms with Crippen molar-refractivity contribution < 1.29 is 9.32 Å². The second-order valence-corrected chi connectivity index (χ2v) is 7.30. The molecular formula is C21H31N3O2. The summed E-state index contributed by atoms with van der Waals surface area (Å²) in [6.45, 7) is 11.4. The van der Waals surface area contributed by atoms with Gasteiger partial charge in [-0.15, -0.1) is 0 Å². The van der Waals surface area contributed by atoms with E-state index in [1.54, 1.807) is 0 Å². The van der Waals surface area contributed by atoms with Crippen LogP contribution in [0.15, 0.2) is 34.9 Å². The molecular weight excluding hydrogens is 326 g/mol. The Kier molecular flexibility index (Phi) is 6.83. The molecule has 0 N–H and O–H groups in total. The number of carbonyl (C=O) groups excluding carboxylic acids is 1. The van der Waals surface area contributed by atoms with Crippen LogP contribution >= 0.6 is 0 Å². The molecule has 2 rings (SSSR count). The van der Waals surface area contributed by atoms with E-state index < -0.39 is 0 Å². The second kappa shape index (κ2) is 8.88. The Balaban J connectivity index is 2.48. The maximum absolute atomic E-state index is 12.7. The lowest BCUT2D eigenvalue weighted by molar-refractivity contribution is -0.135. The van der Waals surface area contributed by atoms with Gasteiger partial charge in [0.1, 0.15) is 5.69 Å². The number of aromatic nitrogens is 1. The minimum atomic E-state index is -0.0344. The molecule has 5 heteroatoms. The van der Waals surface area contributed by atoms with Crippen molar-refractivity contribution in [3.8, 4) is 11.3 Å². The fourth-order valence-corrected chi connectivity index (χ4v) is 2.87. The fraction of sp³-hybridized carbons (Fsp3) is 0.524. The van der Waals surface area contributed by atoms with Crippen molar-refractivity contribution in [3.63, 3.8) is 0 Å². The minimum absolute atomic E-state index is 0.0344. The van der Waals surface area contributed by atoms with Crippen molar-refractivity contribution in [2.45, 2.75) is 53.6 Å². The Hall–Kier alpha value is -2.30. The molecule has 0 radical (unpaired) electrons. The normalized spacial score (nSPS) is 11.2. The van der Waals surface area contributed by atoms with Crippen LogP contribution in [0.25, 0.3) is 11.3 Å².